The van der Waals surface area contributed by atoms with Crippen molar-refractivity contribution >= 4 is 51.4 Å². The van der Waals surface area contributed by atoms with Crippen LogP contribution in [0.4, 0.5) is 0 Å². The van der Waals surface area contributed by atoms with Crippen molar-refractivity contribution in [3.05, 3.63) is 88.5 Å². The van der Waals surface area contributed by atoms with Gasteiger partial charge in [0.05, 0.1) is 24.8 Å². The molecule has 5 rings (SSSR count). The van der Waals surface area contributed by atoms with Gasteiger partial charge < -0.3 is 18.9 Å². The van der Waals surface area contributed by atoms with E-state index in [0.29, 0.717) is 56.0 Å². The van der Waals surface area contributed by atoms with E-state index >= 15 is 0 Å². The second kappa shape index (κ2) is 11.6. The standard InChI is InChI=1S/C28H23ClN4O5S/c1-35-21-9-5-6-10-22(21)37-13-14-38-23-12-11-17(16-24(23)36-2)15-19-25(30)33-28(31-26(19)34)39-27(32-33)18-7-3-4-8-20(18)29/h3-12,15-16,30H,13-14H2,1-2H3. The van der Waals surface area contributed by atoms with Crippen LogP contribution in [0.5, 0.6) is 23.0 Å². The number of benzene rings is 3. The van der Waals surface area contributed by atoms with E-state index in [1.54, 1.807) is 37.5 Å². The van der Waals surface area contributed by atoms with Crippen LogP contribution >= 0.6 is 23.4 Å². The summed E-state index contributed by atoms with van der Waals surface area (Å²) in [5.74, 6) is 1.65. The van der Waals surface area contributed by atoms with Crippen molar-refractivity contribution in [1.82, 2.24) is 5.01 Å². The van der Waals surface area contributed by atoms with Crippen molar-refractivity contribution in [2.45, 2.75) is 0 Å². The lowest BCUT2D eigenvalue weighted by molar-refractivity contribution is -0.114. The van der Waals surface area contributed by atoms with Gasteiger partial charge in [-0.25, -0.2) is 0 Å². The van der Waals surface area contributed by atoms with Gasteiger partial charge in [0.1, 0.15) is 18.3 Å². The number of halogens is 1. The van der Waals surface area contributed by atoms with Crippen LogP contribution in [-0.4, -0.2) is 54.4 Å². The Bertz CT molecular complexity index is 1540. The highest BCUT2D eigenvalue weighted by molar-refractivity contribution is 8.27. The second-order valence-electron chi connectivity index (χ2n) is 8.16. The van der Waals surface area contributed by atoms with E-state index in [0.717, 1.165) is 0 Å². The molecule has 0 fully saturated rings. The van der Waals surface area contributed by atoms with Gasteiger partial charge in [-0.3, -0.25) is 10.2 Å². The van der Waals surface area contributed by atoms with Gasteiger partial charge in [-0.05, 0) is 53.7 Å². The summed E-state index contributed by atoms with van der Waals surface area (Å²) in [6.07, 6.45) is 1.58. The van der Waals surface area contributed by atoms with Gasteiger partial charge in [0.2, 0.25) is 5.17 Å². The summed E-state index contributed by atoms with van der Waals surface area (Å²) in [5.41, 5.74) is 1.45. The zero-order valence-corrected chi connectivity index (χ0v) is 22.6. The number of fused-ring (bicyclic) bond motifs is 1. The largest absolute Gasteiger partial charge is 0.493 e. The number of carbonyl (C=O) groups excluding carboxylic acids is 1. The van der Waals surface area contributed by atoms with Gasteiger partial charge in [-0.1, -0.05) is 48.0 Å². The molecule has 2 aliphatic rings. The molecule has 0 radical (unpaired) electrons. The fourth-order valence-electron chi connectivity index (χ4n) is 3.84. The highest BCUT2D eigenvalue weighted by atomic mass is 35.5. The van der Waals surface area contributed by atoms with E-state index in [9.17, 15) is 4.79 Å². The summed E-state index contributed by atoms with van der Waals surface area (Å²) < 4.78 is 22.4. The van der Waals surface area contributed by atoms with Crippen LogP contribution in [0.25, 0.3) is 6.08 Å². The predicted molar refractivity (Wildman–Crippen MR) is 153 cm³/mol. The average molecular weight is 563 g/mol. The summed E-state index contributed by atoms with van der Waals surface area (Å²) in [6, 6.07) is 19.9. The maximum absolute atomic E-state index is 12.8. The molecule has 9 nitrogen and oxygen atoms in total. The second-order valence-corrected chi connectivity index (χ2v) is 9.53. The van der Waals surface area contributed by atoms with Crippen molar-refractivity contribution in [2.75, 3.05) is 27.4 Å². The van der Waals surface area contributed by atoms with Gasteiger partial charge in [0, 0.05) is 5.56 Å². The Hall–Kier alpha value is -4.28. The van der Waals surface area contributed by atoms with Crippen molar-refractivity contribution in [3.63, 3.8) is 0 Å². The monoisotopic (exact) mass is 562 g/mol. The maximum Gasteiger partial charge on any atom is 0.283 e. The molecule has 0 saturated carbocycles. The molecular formula is C28H23ClN4O5S. The minimum Gasteiger partial charge on any atom is -0.493 e. The first-order valence-electron chi connectivity index (χ1n) is 11.8. The minimum absolute atomic E-state index is 0.0765. The van der Waals surface area contributed by atoms with E-state index in [2.05, 4.69) is 10.1 Å². The summed E-state index contributed by atoms with van der Waals surface area (Å²) in [4.78, 5) is 17.0. The fourth-order valence-corrected chi connectivity index (χ4v) is 5.05. The zero-order chi connectivity index (χ0) is 27.4. The summed E-state index contributed by atoms with van der Waals surface area (Å²) >= 11 is 7.50. The smallest absolute Gasteiger partial charge is 0.283 e. The quantitative estimate of drug-likeness (QED) is 0.272. The molecule has 0 unspecified atom stereocenters. The molecule has 198 valence electrons. The molecule has 11 heteroatoms. The molecule has 0 aromatic heterocycles. The van der Waals surface area contributed by atoms with Crippen molar-refractivity contribution in [2.24, 2.45) is 10.1 Å². The van der Waals surface area contributed by atoms with E-state index < -0.39 is 5.91 Å². The molecule has 2 aliphatic heterocycles. The number of hydrogen-bond acceptors (Lipinski definition) is 8. The molecule has 1 amide bonds. The molecule has 0 atom stereocenters. The number of methoxy groups -OCH3 is 2. The number of amidine groups is 2. The van der Waals surface area contributed by atoms with Crippen molar-refractivity contribution in [1.29, 1.82) is 5.41 Å². The van der Waals surface area contributed by atoms with Crippen LogP contribution in [0.1, 0.15) is 11.1 Å². The number of nitrogens with zero attached hydrogens (tertiary/aromatic N) is 3. The number of nitrogens with one attached hydrogen (secondary N) is 1. The summed E-state index contributed by atoms with van der Waals surface area (Å²) in [5, 5.41) is 15.9. The molecular weight excluding hydrogens is 540 g/mol. The first-order chi connectivity index (χ1) is 19.0. The number of thioether (sulfide) groups is 1. The lowest BCUT2D eigenvalue weighted by atomic mass is 10.1. The number of hydrogen-bond donors (Lipinski definition) is 1. The SMILES string of the molecule is COc1ccccc1OCCOc1ccc(C=C2C(=N)N3N=C(c4ccccc4Cl)SC3=NC2=O)cc1OC. The Balaban J connectivity index is 1.29. The Labute approximate surface area is 234 Å². The van der Waals surface area contributed by atoms with Crippen LogP contribution in [0.15, 0.2) is 82.4 Å². The van der Waals surface area contributed by atoms with E-state index in [-0.39, 0.29) is 18.0 Å². The topological polar surface area (TPSA) is 106 Å². The fraction of sp³-hybridized carbons (Fsp3) is 0.143. The van der Waals surface area contributed by atoms with Crippen LogP contribution in [0.2, 0.25) is 5.02 Å². The Morgan fingerprint density at radius 1 is 0.923 bits per heavy atom. The number of aliphatic imine (C=N–C) groups is 1. The van der Waals surface area contributed by atoms with Gasteiger partial charge >= 0.3 is 0 Å². The van der Waals surface area contributed by atoms with E-state index in [1.165, 1.54) is 23.9 Å². The normalized spacial score (nSPS) is 15.6. The first kappa shape index (κ1) is 26.3. The average Bonchev–Trinajstić information content (AvgIpc) is 3.38. The lowest BCUT2D eigenvalue weighted by Crippen LogP contribution is -2.35. The molecule has 0 aliphatic carbocycles. The van der Waals surface area contributed by atoms with Crippen LogP contribution in [-0.2, 0) is 4.79 Å². The molecule has 0 saturated heterocycles. The van der Waals surface area contributed by atoms with Crippen LogP contribution in [0.3, 0.4) is 0 Å². The minimum atomic E-state index is -0.526. The molecule has 39 heavy (non-hydrogen) atoms. The van der Waals surface area contributed by atoms with Gasteiger partial charge in [-0.2, -0.15) is 15.1 Å². The van der Waals surface area contributed by atoms with E-state index in [1.807, 2.05) is 42.5 Å². The molecule has 3 aromatic carbocycles. The lowest BCUT2D eigenvalue weighted by Gasteiger charge is -2.20. The highest BCUT2D eigenvalue weighted by Crippen LogP contribution is 2.34. The van der Waals surface area contributed by atoms with Crippen molar-refractivity contribution < 1.29 is 23.7 Å². The number of ether oxygens (including phenoxy) is 4. The Morgan fingerprint density at radius 2 is 1.59 bits per heavy atom. The third-order valence-electron chi connectivity index (χ3n) is 5.72. The number of hydrazone groups is 1. The third-order valence-corrected chi connectivity index (χ3v) is 7.00. The van der Waals surface area contributed by atoms with Crippen molar-refractivity contribution in [3.8, 4) is 23.0 Å². The molecule has 3 aromatic rings. The number of amides is 1. The molecule has 0 spiro atoms. The van der Waals surface area contributed by atoms with E-state index in [4.69, 9.17) is 36.0 Å². The molecule has 2 heterocycles. The number of carbonyl (C=O) groups is 1. The Morgan fingerprint density at radius 3 is 2.31 bits per heavy atom. The van der Waals surface area contributed by atoms with Gasteiger partial charge in [-0.15, -0.1) is 0 Å². The third kappa shape index (κ3) is 5.62. The molecule has 0 bridgehead atoms. The summed E-state index contributed by atoms with van der Waals surface area (Å²) in [7, 11) is 3.12. The molecule has 1 N–H and O–H groups in total. The zero-order valence-electron chi connectivity index (χ0n) is 21.0. The summed E-state index contributed by atoms with van der Waals surface area (Å²) in [6.45, 7) is 0.569. The number of rotatable bonds is 9. The van der Waals surface area contributed by atoms with Gasteiger partial charge in [0.25, 0.3) is 5.91 Å². The highest BCUT2D eigenvalue weighted by Gasteiger charge is 2.36. The van der Waals surface area contributed by atoms with Crippen LogP contribution in [0, 0.1) is 5.41 Å². The maximum atomic E-state index is 12.8. The van der Waals surface area contributed by atoms with Gasteiger partial charge in [0.15, 0.2) is 28.8 Å². The first-order valence-corrected chi connectivity index (χ1v) is 13.0. The van der Waals surface area contributed by atoms with Crippen LogP contribution < -0.4 is 18.9 Å². The Kier molecular flexibility index (Phi) is 7.85. The predicted octanol–water partition coefficient (Wildman–Crippen LogP) is 5.48. The number of para-hydroxylation sites is 2.